The number of fused-ring (bicyclic) bond motifs is 2. The van der Waals surface area contributed by atoms with E-state index in [4.69, 9.17) is 0 Å². The Morgan fingerprint density at radius 2 is 2.04 bits per heavy atom. The highest BCUT2D eigenvalue weighted by molar-refractivity contribution is 5.99. The van der Waals surface area contributed by atoms with Crippen molar-refractivity contribution in [2.24, 2.45) is 0 Å². The molecule has 0 spiro atoms. The summed E-state index contributed by atoms with van der Waals surface area (Å²) in [5.74, 6) is -0.0208. The molecule has 2 amide bonds. The van der Waals surface area contributed by atoms with Crippen LogP contribution in [0.4, 0.5) is 0 Å². The molecule has 3 heterocycles. The number of carbonyl (C=O) groups is 2. The summed E-state index contributed by atoms with van der Waals surface area (Å²) < 4.78 is 1.98. The highest BCUT2D eigenvalue weighted by Crippen LogP contribution is 2.30. The lowest BCUT2D eigenvalue weighted by atomic mass is 10.0. The SMILES string of the molecule is C=C1NC(=O)CCC1N1Cc2cc(Cn3ncc4ccccc43)ccc2C1=O. The minimum absolute atomic E-state index is 0.00777. The zero-order valence-electron chi connectivity index (χ0n) is 15.4. The molecule has 2 aliphatic heterocycles. The maximum atomic E-state index is 12.9. The summed E-state index contributed by atoms with van der Waals surface area (Å²) in [6.07, 6.45) is 2.91. The van der Waals surface area contributed by atoms with Gasteiger partial charge < -0.3 is 10.2 Å². The lowest BCUT2D eigenvalue weighted by molar-refractivity contribution is -0.121. The monoisotopic (exact) mass is 372 g/mol. The van der Waals surface area contributed by atoms with E-state index in [2.05, 4.69) is 29.1 Å². The quantitative estimate of drug-likeness (QED) is 0.769. The summed E-state index contributed by atoms with van der Waals surface area (Å²) in [7, 11) is 0. The van der Waals surface area contributed by atoms with E-state index in [0.29, 0.717) is 31.6 Å². The Morgan fingerprint density at radius 3 is 2.89 bits per heavy atom. The molecule has 1 fully saturated rings. The van der Waals surface area contributed by atoms with Gasteiger partial charge in [0.2, 0.25) is 5.91 Å². The van der Waals surface area contributed by atoms with Crippen molar-refractivity contribution in [1.82, 2.24) is 20.0 Å². The fraction of sp³-hybridized carbons (Fsp3) is 0.227. The number of hydrogen-bond donors (Lipinski definition) is 1. The number of para-hydroxylation sites is 1. The molecule has 3 aromatic rings. The first-order valence-corrected chi connectivity index (χ1v) is 9.42. The van der Waals surface area contributed by atoms with Crippen LogP contribution in [0.3, 0.4) is 0 Å². The Kier molecular flexibility index (Phi) is 3.79. The van der Waals surface area contributed by atoms with Crippen LogP contribution < -0.4 is 5.32 Å². The number of carbonyl (C=O) groups excluding carboxylic acids is 2. The summed E-state index contributed by atoms with van der Waals surface area (Å²) in [6, 6.07) is 14.0. The predicted molar refractivity (Wildman–Crippen MR) is 105 cm³/mol. The lowest BCUT2D eigenvalue weighted by Gasteiger charge is -2.32. The molecule has 140 valence electrons. The summed E-state index contributed by atoms with van der Waals surface area (Å²) >= 11 is 0. The van der Waals surface area contributed by atoms with Crippen molar-refractivity contribution in [1.29, 1.82) is 0 Å². The molecule has 1 aromatic heterocycles. The molecule has 0 radical (unpaired) electrons. The molecule has 0 aliphatic carbocycles. The van der Waals surface area contributed by atoms with Crippen molar-refractivity contribution < 1.29 is 9.59 Å². The van der Waals surface area contributed by atoms with Gasteiger partial charge in [-0.05, 0) is 29.7 Å². The van der Waals surface area contributed by atoms with Gasteiger partial charge >= 0.3 is 0 Å². The standard InChI is InChI=1S/C22H20N4O2/c1-14-19(8-9-21(27)24-14)25-13-17-10-15(6-7-18(17)22(25)28)12-26-20-5-3-2-4-16(20)11-23-26/h2-7,10-11,19H,1,8-9,12-13H2,(H,24,27). The molecule has 1 N–H and O–H groups in total. The molecule has 6 heteroatoms. The number of hydrogen-bond acceptors (Lipinski definition) is 3. The van der Waals surface area contributed by atoms with Crippen LogP contribution in [0.15, 0.2) is 60.9 Å². The van der Waals surface area contributed by atoms with Gasteiger partial charge in [0, 0.05) is 29.6 Å². The second-order valence-corrected chi connectivity index (χ2v) is 7.41. The number of benzene rings is 2. The largest absolute Gasteiger partial charge is 0.328 e. The molecule has 2 aromatic carbocycles. The molecule has 1 saturated heterocycles. The van der Waals surface area contributed by atoms with E-state index in [9.17, 15) is 9.59 Å². The third kappa shape index (κ3) is 2.69. The Bertz CT molecular complexity index is 1130. The van der Waals surface area contributed by atoms with Crippen LogP contribution in [-0.4, -0.2) is 32.5 Å². The average Bonchev–Trinajstić information content (AvgIpc) is 3.23. The second kappa shape index (κ2) is 6.34. The van der Waals surface area contributed by atoms with Gasteiger partial charge in [0.25, 0.3) is 5.91 Å². The number of piperidine rings is 1. The van der Waals surface area contributed by atoms with Crippen LogP contribution in [0.1, 0.15) is 34.3 Å². The van der Waals surface area contributed by atoms with E-state index in [1.165, 1.54) is 0 Å². The van der Waals surface area contributed by atoms with Crippen LogP contribution in [0.25, 0.3) is 10.9 Å². The Labute approximate surface area is 162 Å². The number of aromatic nitrogens is 2. The molecule has 6 nitrogen and oxygen atoms in total. The summed E-state index contributed by atoms with van der Waals surface area (Å²) in [5.41, 5.74) is 4.57. The minimum Gasteiger partial charge on any atom is -0.328 e. The molecule has 5 rings (SSSR count). The molecular formula is C22H20N4O2. The van der Waals surface area contributed by atoms with E-state index < -0.39 is 0 Å². The van der Waals surface area contributed by atoms with E-state index in [0.717, 1.165) is 27.6 Å². The van der Waals surface area contributed by atoms with Crippen molar-refractivity contribution in [2.75, 3.05) is 0 Å². The minimum atomic E-state index is -0.142. The Balaban J connectivity index is 1.40. The van der Waals surface area contributed by atoms with Crippen LogP contribution in [-0.2, 0) is 17.9 Å². The fourth-order valence-electron chi connectivity index (χ4n) is 4.18. The van der Waals surface area contributed by atoms with E-state index in [1.807, 2.05) is 46.1 Å². The number of nitrogens with zero attached hydrogens (tertiary/aromatic N) is 3. The van der Waals surface area contributed by atoms with Gasteiger partial charge in [0.15, 0.2) is 0 Å². The molecule has 0 saturated carbocycles. The average molecular weight is 372 g/mol. The zero-order chi connectivity index (χ0) is 19.3. The summed E-state index contributed by atoms with van der Waals surface area (Å²) in [4.78, 5) is 26.2. The Morgan fingerprint density at radius 1 is 1.18 bits per heavy atom. The number of amides is 2. The first kappa shape index (κ1) is 16.7. The maximum absolute atomic E-state index is 12.9. The molecule has 0 bridgehead atoms. The normalized spacial score (nSPS) is 19.2. The van der Waals surface area contributed by atoms with Crippen LogP contribution in [0.5, 0.6) is 0 Å². The van der Waals surface area contributed by atoms with Gasteiger partial charge in [0.05, 0.1) is 24.3 Å². The van der Waals surface area contributed by atoms with E-state index in [-0.39, 0.29) is 17.9 Å². The highest BCUT2D eigenvalue weighted by Gasteiger charge is 2.36. The maximum Gasteiger partial charge on any atom is 0.255 e. The molecule has 1 unspecified atom stereocenters. The van der Waals surface area contributed by atoms with Crippen molar-refractivity contribution in [3.05, 3.63) is 77.6 Å². The van der Waals surface area contributed by atoms with Crippen molar-refractivity contribution in [3.8, 4) is 0 Å². The number of nitrogens with one attached hydrogen (secondary N) is 1. The highest BCUT2D eigenvalue weighted by atomic mass is 16.2. The fourth-order valence-corrected chi connectivity index (χ4v) is 4.18. The molecule has 1 atom stereocenters. The molecule has 2 aliphatic rings. The van der Waals surface area contributed by atoms with Gasteiger partial charge in [-0.3, -0.25) is 14.3 Å². The third-order valence-electron chi connectivity index (χ3n) is 5.61. The van der Waals surface area contributed by atoms with Crippen molar-refractivity contribution in [2.45, 2.75) is 32.0 Å². The van der Waals surface area contributed by atoms with E-state index >= 15 is 0 Å². The third-order valence-corrected chi connectivity index (χ3v) is 5.61. The molecular weight excluding hydrogens is 352 g/mol. The lowest BCUT2D eigenvalue weighted by Crippen LogP contribution is -2.45. The zero-order valence-corrected chi connectivity index (χ0v) is 15.4. The van der Waals surface area contributed by atoms with Crippen LogP contribution in [0.2, 0.25) is 0 Å². The second-order valence-electron chi connectivity index (χ2n) is 7.41. The van der Waals surface area contributed by atoms with Gasteiger partial charge in [-0.15, -0.1) is 0 Å². The van der Waals surface area contributed by atoms with Crippen molar-refractivity contribution >= 4 is 22.7 Å². The van der Waals surface area contributed by atoms with Crippen LogP contribution in [0, 0.1) is 0 Å². The van der Waals surface area contributed by atoms with Gasteiger partial charge in [-0.2, -0.15) is 5.10 Å². The summed E-state index contributed by atoms with van der Waals surface area (Å²) in [6.45, 7) is 5.14. The Hall–Kier alpha value is -3.41. The smallest absolute Gasteiger partial charge is 0.255 e. The van der Waals surface area contributed by atoms with Gasteiger partial charge in [-0.1, -0.05) is 36.9 Å². The topological polar surface area (TPSA) is 67.2 Å². The first-order chi connectivity index (χ1) is 13.6. The predicted octanol–water partition coefficient (Wildman–Crippen LogP) is 2.83. The van der Waals surface area contributed by atoms with Crippen molar-refractivity contribution in [3.63, 3.8) is 0 Å². The van der Waals surface area contributed by atoms with Gasteiger partial charge in [0.1, 0.15) is 0 Å². The van der Waals surface area contributed by atoms with Gasteiger partial charge in [-0.25, -0.2) is 0 Å². The van der Waals surface area contributed by atoms with Crippen LogP contribution >= 0.6 is 0 Å². The number of rotatable bonds is 3. The first-order valence-electron chi connectivity index (χ1n) is 9.42. The van der Waals surface area contributed by atoms with E-state index in [1.54, 1.807) is 0 Å². The summed E-state index contributed by atoms with van der Waals surface area (Å²) in [5, 5.41) is 8.38. The molecule has 28 heavy (non-hydrogen) atoms.